The number of hydrogen-bond acceptors (Lipinski definition) is 3. The van der Waals surface area contributed by atoms with Crippen LogP contribution in [0.3, 0.4) is 0 Å². The second-order valence-corrected chi connectivity index (χ2v) is 5.46. The third-order valence-corrected chi connectivity index (χ3v) is 3.41. The summed E-state index contributed by atoms with van der Waals surface area (Å²) >= 11 is 0. The van der Waals surface area contributed by atoms with Crippen molar-refractivity contribution in [1.82, 2.24) is 0 Å². The first-order chi connectivity index (χ1) is 11.0. The predicted molar refractivity (Wildman–Crippen MR) is 93.0 cm³/mol. The lowest BCUT2D eigenvalue weighted by Crippen LogP contribution is -2.14. The van der Waals surface area contributed by atoms with Crippen molar-refractivity contribution >= 4 is 17.3 Å². The average molecular weight is 305 g/mol. The molecule has 1 amide bonds. The van der Waals surface area contributed by atoms with Gasteiger partial charge in [-0.15, -0.1) is 0 Å². The molecule has 0 aliphatic carbocycles. The van der Waals surface area contributed by atoms with Crippen molar-refractivity contribution in [3.05, 3.63) is 70.9 Å². The molecular formula is C19H19N3O. The number of nitrogens with zero attached hydrogens (tertiary/aromatic N) is 1. The Morgan fingerprint density at radius 3 is 2.52 bits per heavy atom. The molecule has 23 heavy (non-hydrogen) atoms. The summed E-state index contributed by atoms with van der Waals surface area (Å²) in [6, 6.07) is 15.3. The Morgan fingerprint density at radius 2 is 1.83 bits per heavy atom. The van der Waals surface area contributed by atoms with Gasteiger partial charge in [-0.2, -0.15) is 5.26 Å². The van der Waals surface area contributed by atoms with Crippen LogP contribution in [0.25, 0.3) is 0 Å². The molecule has 2 rings (SSSR count). The van der Waals surface area contributed by atoms with E-state index in [-0.39, 0.29) is 5.57 Å². The van der Waals surface area contributed by atoms with Gasteiger partial charge in [-0.3, -0.25) is 4.79 Å². The van der Waals surface area contributed by atoms with E-state index in [0.717, 1.165) is 22.4 Å². The van der Waals surface area contributed by atoms with Gasteiger partial charge in [-0.1, -0.05) is 24.3 Å². The number of carbonyl (C=O) groups is 1. The molecule has 2 aromatic rings. The van der Waals surface area contributed by atoms with Crippen LogP contribution < -0.4 is 10.6 Å². The molecule has 2 aromatic carbocycles. The fourth-order valence-electron chi connectivity index (χ4n) is 2.11. The van der Waals surface area contributed by atoms with Crippen LogP contribution in [0, 0.1) is 32.1 Å². The van der Waals surface area contributed by atoms with Crippen molar-refractivity contribution in [2.45, 2.75) is 20.8 Å². The Labute approximate surface area is 136 Å². The number of aryl methyl sites for hydroxylation is 3. The van der Waals surface area contributed by atoms with Gasteiger partial charge in [0, 0.05) is 17.6 Å². The molecule has 0 aliphatic heterocycles. The molecule has 0 bridgehead atoms. The van der Waals surface area contributed by atoms with Gasteiger partial charge in [0.25, 0.3) is 5.91 Å². The summed E-state index contributed by atoms with van der Waals surface area (Å²) in [4.78, 5) is 12.2. The van der Waals surface area contributed by atoms with E-state index in [4.69, 9.17) is 0 Å². The predicted octanol–water partition coefficient (Wildman–Crippen LogP) is 4.07. The van der Waals surface area contributed by atoms with Crippen molar-refractivity contribution in [2.24, 2.45) is 0 Å². The first kappa shape index (κ1) is 16.3. The molecule has 2 N–H and O–H groups in total. The first-order valence-corrected chi connectivity index (χ1v) is 7.31. The zero-order chi connectivity index (χ0) is 16.8. The summed E-state index contributed by atoms with van der Waals surface area (Å²) in [6.07, 6.45) is 1.44. The summed E-state index contributed by atoms with van der Waals surface area (Å²) < 4.78 is 0. The highest BCUT2D eigenvalue weighted by Crippen LogP contribution is 2.17. The van der Waals surface area contributed by atoms with Crippen LogP contribution in [-0.4, -0.2) is 5.91 Å². The van der Waals surface area contributed by atoms with Gasteiger partial charge >= 0.3 is 0 Å². The fourth-order valence-corrected chi connectivity index (χ4v) is 2.11. The highest BCUT2D eigenvalue weighted by Gasteiger charge is 2.09. The van der Waals surface area contributed by atoms with Crippen LogP contribution >= 0.6 is 0 Å². The van der Waals surface area contributed by atoms with Gasteiger partial charge in [0.15, 0.2) is 0 Å². The standard InChI is InChI=1S/C19H19N3O/c1-13-5-4-6-17(9-13)22-19(23)16(11-20)12-21-18-10-14(2)7-8-15(18)3/h4-10,12,21H,1-3H3,(H,22,23)/b16-12-. The molecule has 0 saturated heterocycles. The molecule has 0 fully saturated rings. The van der Waals surface area contributed by atoms with Crippen LogP contribution in [0.4, 0.5) is 11.4 Å². The number of nitrogens with one attached hydrogen (secondary N) is 2. The highest BCUT2D eigenvalue weighted by atomic mass is 16.1. The first-order valence-electron chi connectivity index (χ1n) is 7.31. The lowest BCUT2D eigenvalue weighted by molar-refractivity contribution is -0.112. The van der Waals surface area contributed by atoms with Crippen LogP contribution in [0.5, 0.6) is 0 Å². The van der Waals surface area contributed by atoms with Gasteiger partial charge in [-0.25, -0.2) is 0 Å². The van der Waals surface area contributed by atoms with Gasteiger partial charge in [0.1, 0.15) is 11.6 Å². The van der Waals surface area contributed by atoms with E-state index < -0.39 is 5.91 Å². The highest BCUT2D eigenvalue weighted by molar-refractivity contribution is 6.06. The monoisotopic (exact) mass is 305 g/mol. The summed E-state index contributed by atoms with van der Waals surface area (Å²) in [5.74, 6) is -0.434. The van der Waals surface area contributed by atoms with E-state index in [1.807, 2.05) is 63.2 Å². The summed E-state index contributed by atoms with van der Waals surface area (Å²) in [5.41, 5.74) is 4.76. The Bertz CT molecular complexity index is 801. The van der Waals surface area contributed by atoms with E-state index in [9.17, 15) is 10.1 Å². The van der Waals surface area contributed by atoms with E-state index in [1.165, 1.54) is 6.20 Å². The maximum absolute atomic E-state index is 12.2. The zero-order valence-corrected chi connectivity index (χ0v) is 13.5. The number of carbonyl (C=O) groups excluding carboxylic acids is 1. The van der Waals surface area contributed by atoms with Gasteiger partial charge in [0.05, 0.1) is 0 Å². The summed E-state index contributed by atoms with van der Waals surface area (Å²) in [6.45, 7) is 5.90. The number of rotatable bonds is 4. The SMILES string of the molecule is Cc1cccc(NC(=O)/C(C#N)=C\Nc2cc(C)ccc2C)c1. The zero-order valence-electron chi connectivity index (χ0n) is 13.5. The van der Waals surface area contributed by atoms with E-state index >= 15 is 0 Å². The lowest BCUT2D eigenvalue weighted by Gasteiger charge is -2.08. The minimum Gasteiger partial charge on any atom is -0.360 e. The van der Waals surface area contributed by atoms with Crippen molar-refractivity contribution in [1.29, 1.82) is 5.26 Å². The Hall–Kier alpha value is -3.06. The van der Waals surface area contributed by atoms with Crippen LogP contribution in [0.15, 0.2) is 54.2 Å². The third-order valence-electron chi connectivity index (χ3n) is 3.41. The van der Waals surface area contributed by atoms with Gasteiger partial charge in [0.2, 0.25) is 0 Å². The second kappa shape index (κ2) is 7.28. The Morgan fingerprint density at radius 1 is 1.09 bits per heavy atom. The number of anilines is 2. The number of benzene rings is 2. The van der Waals surface area contributed by atoms with Crippen molar-refractivity contribution in [3.63, 3.8) is 0 Å². The van der Waals surface area contributed by atoms with Crippen LogP contribution in [0.2, 0.25) is 0 Å². The molecule has 0 heterocycles. The summed E-state index contributed by atoms with van der Waals surface area (Å²) in [5, 5.41) is 15.0. The molecule has 0 unspecified atom stereocenters. The van der Waals surface area contributed by atoms with E-state index in [1.54, 1.807) is 6.07 Å². The molecule has 4 nitrogen and oxygen atoms in total. The van der Waals surface area contributed by atoms with E-state index in [0.29, 0.717) is 5.69 Å². The molecular weight excluding hydrogens is 286 g/mol. The number of nitriles is 1. The molecule has 0 atom stereocenters. The Balaban J connectivity index is 2.14. The molecule has 0 saturated carbocycles. The molecule has 4 heteroatoms. The quantitative estimate of drug-likeness (QED) is 0.661. The molecule has 116 valence electrons. The fraction of sp³-hybridized carbons (Fsp3) is 0.158. The number of hydrogen-bond donors (Lipinski definition) is 2. The van der Waals surface area contributed by atoms with Gasteiger partial charge < -0.3 is 10.6 Å². The van der Waals surface area contributed by atoms with Crippen molar-refractivity contribution < 1.29 is 4.79 Å². The average Bonchev–Trinajstić information content (AvgIpc) is 2.51. The minimum atomic E-state index is -0.434. The smallest absolute Gasteiger partial charge is 0.267 e. The maximum atomic E-state index is 12.2. The van der Waals surface area contributed by atoms with Crippen LogP contribution in [-0.2, 0) is 4.79 Å². The minimum absolute atomic E-state index is 0.0208. The topological polar surface area (TPSA) is 64.9 Å². The molecule has 0 radical (unpaired) electrons. The molecule has 0 aliphatic rings. The lowest BCUT2D eigenvalue weighted by atomic mass is 10.1. The Kier molecular flexibility index (Phi) is 5.16. The van der Waals surface area contributed by atoms with Crippen LogP contribution in [0.1, 0.15) is 16.7 Å². The van der Waals surface area contributed by atoms with Crippen molar-refractivity contribution in [2.75, 3.05) is 10.6 Å². The van der Waals surface area contributed by atoms with E-state index in [2.05, 4.69) is 10.6 Å². The normalized spacial score (nSPS) is 10.8. The second-order valence-electron chi connectivity index (χ2n) is 5.46. The molecule has 0 spiro atoms. The van der Waals surface area contributed by atoms with Crippen molar-refractivity contribution in [3.8, 4) is 6.07 Å². The molecule has 0 aromatic heterocycles. The number of amides is 1. The maximum Gasteiger partial charge on any atom is 0.267 e. The summed E-state index contributed by atoms with van der Waals surface area (Å²) in [7, 11) is 0. The van der Waals surface area contributed by atoms with Gasteiger partial charge in [-0.05, 0) is 55.7 Å². The largest absolute Gasteiger partial charge is 0.360 e. The third kappa shape index (κ3) is 4.45.